The second kappa shape index (κ2) is 5.71. The van der Waals surface area contributed by atoms with Gasteiger partial charge in [0.25, 0.3) is 0 Å². The molecule has 0 amide bonds. The zero-order valence-electron chi connectivity index (χ0n) is 12.3. The summed E-state index contributed by atoms with van der Waals surface area (Å²) in [6.07, 6.45) is 3.45. The van der Waals surface area contributed by atoms with Crippen LogP contribution in [0.25, 0.3) is 4.96 Å². The van der Waals surface area contributed by atoms with Crippen LogP contribution in [-0.4, -0.2) is 41.7 Å². The standard InChI is InChI=1S/C14H22N4OS/c1-4-11-9-19-10(2)8-18(11)13-12(7-15-3)17-5-6-20-14(17)16-13/h5-6,10-11,15H,4,7-9H2,1-3H3. The zero-order valence-corrected chi connectivity index (χ0v) is 13.1. The van der Waals surface area contributed by atoms with Crippen molar-refractivity contribution in [2.75, 3.05) is 25.1 Å². The maximum atomic E-state index is 5.80. The molecule has 2 aromatic rings. The van der Waals surface area contributed by atoms with E-state index in [2.05, 4.69) is 40.0 Å². The zero-order chi connectivity index (χ0) is 14.1. The molecule has 0 aliphatic carbocycles. The lowest BCUT2D eigenvalue weighted by molar-refractivity contribution is 0.0296. The number of hydrogen-bond donors (Lipinski definition) is 1. The van der Waals surface area contributed by atoms with Crippen molar-refractivity contribution in [2.45, 2.75) is 39.0 Å². The monoisotopic (exact) mass is 294 g/mol. The number of thiazole rings is 1. The SMILES string of the molecule is CCC1COC(C)CN1c1nc2sccn2c1CNC. The molecule has 0 bridgehead atoms. The predicted molar refractivity (Wildman–Crippen MR) is 82.7 cm³/mol. The lowest BCUT2D eigenvalue weighted by atomic mass is 10.1. The number of nitrogens with one attached hydrogen (secondary N) is 1. The molecular weight excluding hydrogens is 272 g/mol. The lowest BCUT2D eigenvalue weighted by Crippen LogP contribution is -2.49. The van der Waals surface area contributed by atoms with Gasteiger partial charge in [-0.25, -0.2) is 4.98 Å². The molecule has 3 heterocycles. The van der Waals surface area contributed by atoms with Gasteiger partial charge in [-0.05, 0) is 20.4 Å². The van der Waals surface area contributed by atoms with E-state index in [1.54, 1.807) is 11.3 Å². The van der Waals surface area contributed by atoms with E-state index in [1.165, 1.54) is 5.69 Å². The van der Waals surface area contributed by atoms with E-state index < -0.39 is 0 Å². The van der Waals surface area contributed by atoms with Gasteiger partial charge in [-0.1, -0.05) is 6.92 Å². The number of nitrogens with zero attached hydrogens (tertiary/aromatic N) is 3. The topological polar surface area (TPSA) is 41.8 Å². The first-order valence-electron chi connectivity index (χ1n) is 7.21. The second-order valence-electron chi connectivity index (χ2n) is 5.33. The minimum absolute atomic E-state index is 0.264. The molecule has 2 aromatic heterocycles. The van der Waals surface area contributed by atoms with Crippen molar-refractivity contribution in [1.29, 1.82) is 0 Å². The first-order valence-corrected chi connectivity index (χ1v) is 8.09. The Labute approximate surface area is 123 Å². The van der Waals surface area contributed by atoms with Crippen molar-refractivity contribution in [2.24, 2.45) is 0 Å². The van der Waals surface area contributed by atoms with Crippen molar-refractivity contribution >= 4 is 22.1 Å². The average Bonchev–Trinajstić information content (AvgIpc) is 3.01. The van der Waals surface area contributed by atoms with Crippen molar-refractivity contribution < 1.29 is 4.74 Å². The number of morpholine rings is 1. The molecule has 0 spiro atoms. The molecule has 2 unspecified atom stereocenters. The molecule has 2 atom stereocenters. The largest absolute Gasteiger partial charge is 0.375 e. The summed E-state index contributed by atoms with van der Waals surface area (Å²) in [5, 5.41) is 5.35. The molecule has 5 nitrogen and oxygen atoms in total. The third kappa shape index (κ3) is 2.32. The number of imidazole rings is 1. The summed E-state index contributed by atoms with van der Waals surface area (Å²) in [6.45, 7) is 6.89. The highest BCUT2D eigenvalue weighted by atomic mass is 32.1. The molecule has 1 N–H and O–H groups in total. The van der Waals surface area contributed by atoms with Gasteiger partial charge >= 0.3 is 0 Å². The number of aromatic nitrogens is 2. The van der Waals surface area contributed by atoms with Crippen LogP contribution in [0.15, 0.2) is 11.6 Å². The van der Waals surface area contributed by atoms with Crippen LogP contribution in [0, 0.1) is 0 Å². The minimum Gasteiger partial charge on any atom is -0.375 e. The summed E-state index contributed by atoms with van der Waals surface area (Å²) in [6, 6.07) is 0.423. The number of ether oxygens (including phenoxy) is 1. The molecule has 0 aromatic carbocycles. The summed E-state index contributed by atoms with van der Waals surface area (Å²) in [4.78, 5) is 8.36. The molecule has 3 rings (SSSR count). The fraction of sp³-hybridized carbons (Fsp3) is 0.643. The normalized spacial score (nSPS) is 23.6. The molecule has 20 heavy (non-hydrogen) atoms. The Morgan fingerprint density at radius 1 is 1.55 bits per heavy atom. The molecule has 1 fully saturated rings. The fourth-order valence-corrected chi connectivity index (χ4v) is 3.55. The van der Waals surface area contributed by atoms with Crippen LogP contribution >= 0.6 is 11.3 Å². The molecule has 0 radical (unpaired) electrons. The van der Waals surface area contributed by atoms with Crippen LogP contribution in [0.4, 0.5) is 5.82 Å². The number of rotatable bonds is 4. The Morgan fingerprint density at radius 3 is 3.15 bits per heavy atom. The highest BCUT2D eigenvalue weighted by Crippen LogP contribution is 2.29. The Balaban J connectivity index is 2.02. The van der Waals surface area contributed by atoms with Gasteiger partial charge in [-0.15, -0.1) is 11.3 Å². The van der Waals surface area contributed by atoms with E-state index in [9.17, 15) is 0 Å². The van der Waals surface area contributed by atoms with Crippen LogP contribution in [-0.2, 0) is 11.3 Å². The van der Waals surface area contributed by atoms with E-state index in [-0.39, 0.29) is 6.10 Å². The average molecular weight is 294 g/mol. The van der Waals surface area contributed by atoms with Gasteiger partial charge in [-0.3, -0.25) is 4.40 Å². The summed E-state index contributed by atoms with van der Waals surface area (Å²) < 4.78 is 8.00. The molecule has 6 heteroatoms. The van der Waals surface area contributed by atoms with E-state index in [4.69, 9.17) is 9.72 Å². The van der Waals surface area contributed by atoms with Gasteiger partial charge in [-0.2, -0.15) is 0 Å². The van der Waals surface area contributed by atoms with Crippen LogP contribution < -0.4 is 10.2 Å². The smallest absolute Gasteiger partial charge is 0.195 e. The summed E-state index contributed by atoms with van der Waals surface area (Å²) >= 11 is 1.69. The predicted octanol–water partition coefficient (Wildman–Crippen LogP) is 2.12. The third-order valence-electron chi connectivity index (χ3n) is 3.90. The molecule has 1 saturated heterocycles. The van der Waals surface area contributed by atoms with Crippen LogP contribution in [0.1, 0.15) is 26.0 Å². The van der Waals surface area contributed by atoms with Crippen LogP contribution in [0.3, 0.4) is 0 Å². The molecule has 1 aliphatic heterocycles. The van der Waals surface area contributed by atoms with Gasteiger partial charge in [0.2, 0.25) is 0 Å². The van der Waals surface area contributed by atoms with E-state index in [0.717, 1.165) is 36.9 Å². The fourth-order valence-electron chi connectivity index (χ4n) is 2.82. The molecule has 0 saturated carbocycles. The lowest BCUT2D eigenvalue weighted by Gasteiger charge is -2.39. The molecule has 1 aliphatic rings. The van der Waals surface area contributed by atoms with Gasteiger partial charge in [0.05, 0.1) is 24.4 Å². The summed E-state index contributed by atoms with van der Waals surface area (Å²) in [5.41, 5.74) is 1.25. The Hall–Kier alpha value is -1.11. The van der Waals surface area contributed by atoms with Crippen molar-refractivity contribution in [3.8, 4) is 0 Å². The maximum absolute atomic E-state index is 5.80. The van der Waals surface area contributed by atoms with E-state index >= 15 is 0 Å². The van der Waals surface area contributed by atoms with Gasteiger partial charge in [0.15, 0.2) is 10.8 Å². The van der Waals surface area contributed by atoms with Crippen molar-refractivity contribution in [1.82, 2.24) is 14.7 Å². The second-order valence-corrected chi connectivity index (χ2v) is 6.20. The third-order valence-corrected chi connectivity index (χ3v) is 4.65. The van der Waals surface area contributed by atoms with Crippen LogP contribution in [0.2, 0.25) is 0 Å². The summed E-state index contributed by atoms with van der Waals surface area (Å²) in [5.74, 6) is 1.12. The van der Waals surface area contributed by atoms with E-state index in [0.29, 0.717) is 6.04 Å². The quantitative estimate of drug-likeness (QED) is 0.938. The maximum Gasteiger partial charge on any atom is 0.195 e. The van der Waals surface area contributed by atoms with Gasteiger partial charge in [0.1, 0.15) is 0 Å². The number of hydrogen-bond acceptors (Lipinski definition) is 5. The first kappa shape index (κ1) is 13.9. The number of anilines is 1. The van der Waals surface area contributed by atoms with Crippen molar-refractivity contribution in [3.05, 3.63) is 17.3 Å². The molecular formula is C14H22N4OS. The van der Waals surface area contributed by atoms with E-state index in [1.807, 2.05) is 7.05 Å². The Bertz CT molecular complexity index is 579. The Morgan fingerprint density at radius 2 is 2.40 bits per heavy atom. The first-order chi connectivity index (χ1) is 9.74. The van der Waals surface area contributed by atoms with Gasteiger partial charge < -0.3 is 15.0 Å². The highest BCUT2D eigenvalue weighted by Gasteiger charge is 2.29. The van der Waals surface area contributed by atoms with Crippen molar-refractivity contribution in [3.63, 3.8) is 0 Å². The Kier molecular flexibility index (Phi) is 3.96. The number of fused-ring (bicyclic) bond motifs is 1. The van der Waals surface area contributed by atoms with Crippen LogP contribution in [0.5, 0.6) is 0 Å². The molecule has 110 valence electrons. The van der Waals surface area contributed by atoms with Gasteiger partial charge in [0, 0.05) is 24.7 Å². The summed E-state index contributed by atoms with van der Waals surface area (Å²) in [7, 11) is 1.98. The minimum atomic E-state index is 0.264. The highest BCUT2D eigenvalue weighted by molar-refractivity contribution is 7.15.